The van der Waals surface area contributed by atoms with Gasteiger partial charge >= 0.3 is 12.1 Å². The van der Waals surface area contributed by atoms with Crippen molar-refractivity contribution >= 4 is 5.97 Å². The summed E-state index contributed by atoms with van der Waals surface area (Å²) in [6, 6.07) is 1.61. The summed E-state index contributed by atoms with van der Waals surface area (Å²) in [5, 5.41) is 17.0. The molecule has 0 aliphatic carbocycles. The van der Waals surface area contributed by atoms with Crippen LogP contribution in [0, 0.1) is 0 Å². The number of rotatable bonds is 2. The van der Waals surface area contributed by atoms with Crippen LogP contribution >= 0.6 is 0 Å². The fourth-order valence-electron chi connectivity index (χ4n) is 0.776. The van der Waals surface area contributed by atoms with E-state index in [1.165, 1.54) is 0 Å². The normalized spacial score (nSPS) is 14.0. The molecule has 1 heterocycles. The van der Waals surface area contributed by atoms with Crippen LogP contribution in [0.2, 0.25) is 0 Å². The number of hydrogen-bond donors (Lipinski definition) is 2. The zero-order chi connectivity index (χ0) is 10.9. The Morgan fingerprint density at radius 3 is 2.36 bits per heavy atom. The van der Waals surface area contributed by atoms with E-state index in [-0.39, 0.29) is 0 Å². The summed E-state index contributed by atoms with van der Waals surface area (Å²) in [6.07, 6.45) is -7.66. The maximum atomic E-state index is 11.9. The summed E-state index contributed by atoms with van der Waals surface area (Å²) >= 11 is 0. The second-order valence-corrected chi connectivity index (χ2v) is 2.45. The molecule has 1 unspecified atom stereocenters. The van der Waals surface area contributed by atoms with Crippen molar-refractivity contribution in [1.29, 1.82) is 0 Å². The van der Waals surface area contributed by atoms with Crippen molar-refractivity contribution in [1.82, 2.24) is 0 Å². The van der Waals surface area contributed by atoms with Crippen LogP contribution < -0.4 is 0 Å². The quantitative estimate of drug-likeness (QED) is 0.777. The van der Waals surface area contributed by atoms with E-state index in [0.717, 1.165) is 12.1 Å². The van der Waals surface area contributed by atoms with Crippen molar-refractivity contribution in [2.45, 2.75) is 12.3 Å². The molecule has 0 radical (unpaired) electrons. The van der Waals surface area contributed by atoms with Crippen LogP contribution in [0.5, 0.6) is 0 Å². The third-order valence-electron chi connectivity index (χ3n) is 1.42. The van der Waals surface area contributed by atoms with Crippen molar-refractivity contribution in [2.75, 3.05) is 0 Å². The number of carboxylic acids is 1. The molecule has 0 spiro atoms. The molecule has 0 bridgehead atoms. The number of alkyl halides is 3. The molecule has 2 N–H and O–H groups in total. The van der Waals surface area contributed by atoms with Gasteiger partial charge < -0.3 is 14.6 Å². The predicted molar refractivity (Wildman–Crippen MR) is 36.7 cm³/mol. The van der Waals surface area contributed by atoms with E-state index in [1.807, 2.05) is 0 Å². The van der Waals surface area contributed by atoms with E-state index in [2.05, 4.69) is 4.42 Å². The van der Waals surface area contributed by atoms with E-state index >= 15 is 0 Å². The molecule has 14 heavy (non-hydrogen) atoms. The monoisotopic (exact) mass is 210 g/mol. The molecule has 0 saturated heterocycles. The van der Waals surface area contributed by atoms with Gasteiger partial charge in [-0.15, -0.1) is 0 Å². The van der Waals surface area contributed by atoms with Gasteiger partial charge in [0.05, 0.1) is 0 Å². The Bertz CT molecular complexity index is 341. The van der Waals surface area contributed by atoms with Crippen molar-refractivity contribution in [2.24, 2.45) is 0 Å². The molecule has 7 heteroatoms. The van der Waals surface area contributed by atoms with Gasteiger partial charge in [-0.3, -0.25) is 0 Å². The fourth-order valence-corrected chi connectivity index (χ4v) is 0.776. The van der Waals surface area contributed by atoms with Crippen molar-refractivity contribution in [3.63, 3.8) is 0 Å². The molecule has 1 aromatic heterocycles. The highest BCUT2D eigenvalue weighted by molar-refractivity contribution is 5.84. The van der Waals surface area contributed by atoms with E-state index in [9.17, 15) is 18.0 Å². The Labute approximate surface area is 75.6 Å². The van der Waals surface area contributed by atoms with Gasteiger partial charge in [-0.25, -0.2) is 4.79 Å². The van der Waals surface area contributed by atoms with Crippen LogP contribution in [0.15, 0.2) is 16.5 Å². The first-order chi connectivity index (χ1) is 6.32. The molecule has 4 nitrogen and oxygen atoms in total. The van der Waals surface area contributed by atoms with Gasteiger partial charge in [0, 0.05) is 0 Å². The highest BCUT2D eigenvalue weighted by atomic mass is 19.4. The number of carbonyl (C=O) groups is 1. The Hall–Kier alpha value is -1.50. The summed E-state index contributed by atoms with van der Waals surface area (Å²) in [5.74, 6) is -2.98. The van der Waals surface area contributed by atoms with Crippen LogP contribution in [-0.2, 0) is 0 Å². The first-order valence-electron chi connectivity index (χ1n) is 3.40. The van der Waals surface area contributed by atoms with Gasteiger partial charge in [-0.2, -0.15) is 13.2 Å². The molecule has 0 aliphatic rings. The third kappa shape index (κ3) is 2.05. The minimum Gasteiger partial charge on any atom is -0.475 e. The first-order valence-corrected chi connectivity index (χ1v) is 3.40. The third-order valence-corrected chi connectivity index (χ3v) is 1.42. The average Bonchev–Trinajstić information content (AvgIpc) is 2.48. The van der Waals surface area contributed by atoms with E-state index in [4.69, 9.17) is 10.2 Å². The smallest absolute Gasteiger partial charge is 0.421 e. The van der Waals surface area contributed by atoms with Crippen LogP contribution in [0.3, 0.4) is 0 Å². The standard InChI is InChI=1S/C7H5F3O4/c8-7(9,10)5(11)3-1-2-4(14-3)6(12)13/h1-2,5,11H,(H,12,13). The molecular formula is C7H5F3O4. The van der Waals surface area contributed by atoms with E-state index in [0.29, 0.717) is 0 Å². The minimum absolute atomic E-state index is 0.650. The lowest BCUT2D eigenvalue weighted by Crippen LogP contribution is -2.19. The Kier molecular flexibility index (Phi) is 2.52. The first kappa shape index (κ1) is 10.6. The van der Waals surface area contributed by atoms with Gasteiger partial charge in [0.2, 0.25) is 11.9 Å². The predicted octanol–water partition coefficient (Wildman–Crippen LogP) is 1.57. The second-order valence-electron chi connectivity index (χ2n) is 2.45. The van der Waals surface area contributed by atoms with Crippen LogP contribution in [0.25, 0.3) is 0 Å². The Morgan fingerprint density at radius 1 is 1.43 bits per heavy atom. The highest BCUT2D eigenvalue weighted by Gasteiger charge is 2.41. The Morgan fingerprint density at radius 2 is 2.00 bits per heavy atom. The summed E-state index contributed by atoms with van der Waals surface area (Å²) in [5.41, 5.74) is 0. The number of carboxylic acid groups (broad SMARTS) is 1. The molecular weight excluding hydrogens is 205 g/mol. The molecule has 1 aromatic rings. The van der Waals surface area contributed by atoms with Crippen molar-refractivity contribution in [3.8, 4) is 0 Å². The number of aliphatic hydroxyl groups excluding tert-OH is 1. The van der Waals surface area contributed by atoms with E-state index < -0.39 is 29.8 Å². The second kappa shape index (κ2) is 3.33. The molecule has 0 amide bonds. The molecule has 0 aromatic carbocycles. The highest BCUT2D eigenvalue weighted by Crippen LogP contribution is 2.33. The SMILES string of the molecule is O=C(O)c1ccc(C(O)C(F)(F)F)o1. The van der Waals surface area contributed by atoms with Crippen LogP contribution in [-0.4, -0.2) is 22.4 Å². The van der Waals surface area contributed by atoms with Crippen LogP contribution in [0.1, 0.15) is 22.4 Å². The molecule has 0 aliphatic heterocycles. The fraction of sp³-hybridized carbons (Fsp3) is 0.286. The van der Waals surface area contributed by atoms with Gasteiger partial charge in [0.1, 0.15) is 5.76 Å². The zero-order valence-electron chi connectivity index (χ0n) is 6.58. The lowest BCUT2D eigenvalue weighted by molar-refractivity contribution is -0.211. The summed E-state index contributed by atoms with van der Waals surface area (Å²) in [7, 11) is 0. The van der Waals surface area contributed by atoms with Crippen molar-refractivity contribution < 1.29 is 32.6 Å². The van der Waals surface area contributed by atoms with Crippen molar-refractivity contribution in [3.05, 3.63) is 23.7 Å². The maximum absolute atomic E-state index is 11.9. The number of furan rings is 1. The molecule has 78 valence electrons. The summed E-state index contributed by atoms with van der Waals surface area (Å²) < 4.78 is 39.9. The lowest BCUT2D eigenvalue weighted by atomic mass is 10.3. The van der Waals surface area contributed by atoms with Gasteiger partial charge in [0.25, 0.3) is 0 Å². The average molecular weight is 210 g/mol. The molecule has 1 atom stereocenters. The number of halogens is 3. The zero-order valence-corrected chi connectivity index (χ0v) is 6.58. The largest absolute Gasteiger partial charge is 0.475 e. The van der Waals surface area contributed by atoms with E-state index in [1.54, 1.807) is 0 Å². The summed E-state index contributed by atoms with van der Waals surface area (Å²) in [4.78, 5) is 10.2. The van der Waals surface area contributed by atoms with Gasteiger partial charge in [-0.05, 0) is 12.1 Å². The van der Waals surface area contributed by atoms with Crippen LogP contribution in [0.4, 0.5) is 13.2 Å². The number of aliphatic hydroxyl groups is 1. The minimum atomic E-state index is -4.87. The molecule has 0 saturated carbocycles. The van der Waals surface area contributed by atoms with Gasteiger partial charge in [-0.1, -0.05) is 0 Å². The van der Waals surface area contributed by atoms with Gasteiger partial charge in [0.15, 0.2) is 0 Å². The number of hydrogen-bond acceptors (Lipinski definition) is 3. The summed E-state index contributed by atoms with van der Waals surface area (Å²) in [6.45, 7) is 0. The number of aromatic carboxylic acids is 1. The molecule has 1 rings (SSSR count). The lowest BCUT2D eigenvalue weighted by Gasteiger charge is -2.10. The molecule has 0 fully saturated rings. The Balaban J connectivity index is 2.92. The topological polar surface area (TPSA) is 70.7 Å². The maximum Gasteiger partial charge on any atom is 0.421 e.